The van der Waals surface area contributed by atoms with Crippen LogP contribution in [0.25, 0.3) is 0 Å². The van der Waals surface area contributed by atoms with Crippen LogP contribution < -0.4 is 0 Å². The van der Waals surface area contributed by atoms with Crippen molar-refractivity contribution in [2.75, 3.05) is 0 Å². The third-order valence-corrected chi connectivity index (χ3v) is 0. The topological polar surface area (TPSA) is 0 Å². The van der Waals surface area contributed by atoms with Gasteiger partial charge >= 0.3 is 0 Å². The Morgan fingerprint density at radius 1 is 0.286 bits per heavy atom. The fourth-order valence-corrected chi connectivity index (χ4v) is 0. The molecule has 0 unspecified atom stereocenters. The van der Waals surface area contributed by atoms with E-state index in [9.17, 15) is 0 Å². The SMILES string of the molecule is [Hg].[In].[In].[In].[In].[In].[In]. The Kier molecular flexibility index (Phi) is 293. The molecule has 7 heteroatoms. The van der Waals surface area contributed by atoms with Crippen molar-refractivity contribution in [3.63, 3.8) is 0 Å². The molecule has 20 valence electrons. The largest absolute Gasteiger partial charge is 0 e. The maximum Gasteiger partial charge on any atom is 0 e. The summed E-state index contributed by atoms with van der Waals surface area (Å²) in [5.41, 5.74) is 0. The molecule has 0 saturated carbocycles. The normalized spacial score (nSPS) is 0. The van der Waals surface area contributed by atoms with E-state index in [-0.39, 0.29) is 183 Å². The second-order valence-electron chi connectivity index (χ2n) is 0. The van der Waals surface area contributed by atoms with Crippen LogP contribution in [0.15, 0.2) is 0 Å². The van der Waals surface area contributed by atoms with Crippen molar-refractivity contribution in [1.82, 2.24) is 0 Å². The summed E-state index contributed by atoms with van der Waals surface area (Å²) in [6.45, 7) is 0. The van der Waals surface area contributed by atoms with Crippen LogP contribution in [0.5, 0.6) is 0 Å². The average Bonchev–Trinajstić information content (AvgIpc) is 0. The minimum absolute atomic E-state index is 0. The van der Waals surface area contributed by atoms with Crippen LogP contribution in [0.4, 0.5) is 0 Å². The molecular weight excluding hydrogens is 889 g/mol. The van der Waals surface area contributed by atoms with Crippen LogP contribution in [0.1, 0.15) is 0 Å². The first-order chi connectivity index (χ1) is 0. The molecule has 0 heterocycles. The molecule has 18 radical (unpaired) electrons. The van der Waals surface area contributed by atoms with Gasteiger partial charge in [0.05, 0.1) is 0 Å². The van der Waals surface area contributed by atoms with Gasteiger partial charge in [-0.1, -0.05) is 0 Å². The number of rotatable bonds is 0. The molecule has 0 spiro atoms. The van der Waals surface area contributed by atoms with Crippen LogP contribution in [-0.4, -0.2) is 155 Å². The molecule has 0 aliphatic rings. The summed E-state index contributed by atoms with van der Waals surface area (Å²) >= 11 is 0. The zero-order valence-electron chi connectivity index (χ0n) is 4.17. The molecule has 0 amide bonds. The van der Waals surface area contributed by atoms with E-state index < -0.39 is 0 Å². The predicted molar refractivity (Wildman–Crippen MR) is 34.5 cm³/mol. The van der Waals surface area contributed by atoms with E-state index in [1.165, 1.54) is 0 Å². The third kappa shape index (κ3) is 33.1. The first kappa shape index (κ1) is 51.3. The van der Waals surface area contributed by atoms with E-state index in [4.69, 9.17) is 0 Å². The van der Waals surface area contributed by atoms with Gasteiger partial charge in [-0.2, -0.15) is 0 Å². The van der Waals surface area contributed by atoms with Gasteiger partial charge in [-0.05, 0) is 0 Å². The van der Waals surface area contributed by atoms with Crippen molar-refractivity contribution in [2.45, 2.75) is 0 Å². The molecule has 0 saturated heterocycles. The molecule has 0 rings (SSSR count). The third-order valence-electron chi connectivity index (χ3n) is 0. The molecule has 0 aromatic heterocycles. The van der Waals surface area contributed by atoms with E-state index in [0.29, 0.717) is 0 Å². The summed E-state index contributed by atoms with van der Waals surface area (Å²) in [4.78, 5) is 0. The molecule has 0 aliphatic heterocycles. The molecule has 0 aromatic carbocycles. The van der Waals surface area contributed by atoms with Crippen LogP contribution in [-0.2, 0) is 27.7 Å². The Balaban J connectivity index is 0. The van der Waals surface area contributed by atoms with Crippen molar-refractivity contribution in [2.24, 2.45) is 0 Å². The van der Waals surface area contributed by atoms with Gasteiger partial charge in [0, 0.05) is 183 Å². The van der Waals surface area contributed by atoms with E-state index in [1.54, 1.807) is 0 Å². The van der Waals surface area contributed by atoms with E-state index >= 15 is 0 Å². The van der Waals surface area contributed by atoms with Crippen molar-refractivity contribution >= 4 is 155 Å². The molecule has 0 bridgehead atoms. The molecule has 0 fully saturated rings. The summed E-state index contributed by atoms with van der Waals surface area (Å²) < 4.78 is 0. The molecule has 0 nitrogen and oxygen atoms in total. The second kappa shape index (κ2) is 39.9. The summed E-state index contributed by atoms with van der Waals surface area (Å²) in [5.74, 6) is 0. The van der Waals surface area contributed by atoms with E-state index in [0.717, 1.165) is 0 Å². The second-order valence-corrected chi connectivity index (χ2v) is 0. The van der Waals surface area contributed by atoms with Gasteiger partial charge in [-0.25, -0.2) is 0 Å². The van der Waals surface area contributed by atoms with E-state index in [1.807, 2.05) is 0 Å². The summed E-state index contributed by atoms with van der Waals surface area (Å²) in [5, 5.41) is 0. The predicted octanol–water partition coefficient (Wildman–Crippen LogP) is -2.29. The van der Waals surface area contributed by atoms with E-state index in [2.05, 4.69) is 0 Å². The zero-order chi connectivity index (χ0) is 0. The quantitative estimate of drug-likeness (QED) is 0.241. The molecule has 0 atom stereocenters. The molecular formula is HgIn6. The Labute approximate surface area is 177 Å². The summed E-state index contributed by atoms with van der Waals surface area (Å²) in [6.07, 6.45) is 0. The minimum atomic E-state index is 0. The molecule has 7 heavy (non-hydrogen) atoms. The average molecular weight is 889 g/mol. The monoisotopic (exact) mass is 891 g/mol. The first-order valence-electron chi connectivity index (χ1n) is 0. The van der Waals surface area contributed by atoms with Crippen molar-refractivity contribution < 1.29 is 27.7 Å². The number of hydrogen-bond donors (Lipinski definition) is 0. The summed E-state index contributed by atoms with van der Waals surface area (Å²) in [7, 11) is 0. The Morgan fingerprint density at radius 3 is 0.286 bits per heavy atom. The van der Waals surface area contributed by atoms with Crippen molar-refractivity contribution in [3.05, 3.63) is 0 Å². The van der Waals surface area contributed by atoms with Gasteiger partial charge in [-0.15, -0.1) is 0 Å². The van der Waals surface area contributed by atoms with Gasteiger partial charge < -0.3 is 0 Å². The molecule has 0 N–H and O–H groups in total. The van der Waals surface area contributed by atoms with Crippen molar-refractivity contribution in [1.29, 1.82) is 0 Å². The van der Waals surface area contributed by atoms with Crippen LogP contribution >= 0.6 is 0 Å². The maximum atomic E-state index is 0. The van der Waals surface area contributed by atoms with Gasteiger partial charge in [0.1, 0.15) is 0 Å². The Morgan fingerprint density at radius 2 is 0.286 bits per heavy atom. The Hall–Kier alpha value is 6.16. The standard InChI is InChI=1S/Hg.6In. The smallest absolute Gasteiger partial charge is 0 e. The molecule has 0 aromatic rings. The Bertz CT molecular complexity index is 4.14. The van der Waals surface area contributed by atoms with Gasteiger partial charge in [0.15, 0.2) is 0 Å². The van der Waals surface area contributed by atoms with Crippen LogP contribution in [0.2, 0.25) is 0 Å². The fraction of sp³-hybridized carbons (Fsp3) is 0. The zero-order valence-corrected chi connectivity index (χ0v) is 29.4. The van der Waals surface area contributed by atoms with Crippen LogP contribution in [0.3, 0.4) is 0 Å². The van der Waals surface area contributed by atoms with Gasteiger partial charge in [0.2, 0.25) is 0 Å². The van der Waals surface area contributed by atoms with Gasteiger partial charge in [0.25, 0.3) is 0 Å². The van der Waals surface area contributed by atoms with Crippen molar-refractivity contribution in [3.8, 4) is 0 Å². The van der Waals surface area contributed by atoms with Gasteiger partial charge in [-0.3, -0.25) is 0 Å². The maximum absolute atomic E-state index is 0. The first-order valence-corrected chi connectivity index (χ1v) is 0. The minimum Gasteiger partial charge on any atom is 0 e. The summed E-state index contributed by atoms with van der Waals surface area (Å²) in [6, 6.07) is 0. The molecule has 0 aliphatic carbocycles. The van der Waals surface area contributed by atoms with Crippen LogP contribution in [0, 0.1) is 0 Å². The fourth-order valence-electron chi connectivity index (χ4n) is 0. The number of hydrogen-bond acceptors (Lipinski definition) is 0.